The SMILES string of the molecule is NCCc1ccc(O)c(O)c1.[Sn]. The maximum atomic E-state index is 9.04. The molecule has 1 aromatic carbocycles. The number of phenolic OH excluding ortho intramolecular Hbond substituents is 2. The zero-order valence-corrected chi connectivity index (χ0v) is 9.47. The van der Waals surface area contributed by atoms with Gasteiger partial charge in [0.15, 0.2) is 11.5 Å². The molecule has 3 nitrogen and oxygen atoms in total. The van der Waals surface area contributed by atoms with Gasteiger partial charge in [-0.25, -0.2) is 0 Å². The van der Waals surface area contributed by atoms with Gasteiger partial charge in [0, 0.05) is 23.9 Å². The van der Waals surface area contributed by atoms with Crippen molar-refractivity contribution >= 4 is 23.9 Å². The molecular formula is C8H11NO2Sn. The van der Waals surface area contributed by atoms with Crippen LogP contribution in [-0.4, -0.2) is 40.7 Å². The molecule has 0 aromatic heterocycles. The number of rotatable bonds is 2. The number of aromatic hydroxyl groups is 2. The number of benzene rings is 1. The Morgan fingerprint density at radius 2 is 1.83 bits per heavy atom. The molecule has 0 fully saturated rings. The van der Waals surface area contributed by atoms with Crippen molar-refractivity contribution in [3.05, 3.63) is 23.8 Å². The molecule has 12 heavy (non-hydrogen) atoms. The third-order valence-electron chi connectivity index (χ3n) is 1.47. The van der Waals surface area contributed by atoms with Crippen LogP contribution in [0.15, 0.2) is 18.2 Å². The van der Waals surface area contributed by atoms with Gasteiger partial charge in [-0.2, -0.15) is 0 Å². The fourth-order valence-corrected chi connectivity index (χ4v) is 0.891. The minimum absolute atomic E-state index is 0. The van der Waals surface area contributed by atoms with Gasteiger partial charge in [-0.3, -0.25) is 0 Å². The minimum atomic E-state index is -0.0919. The molecule has 4 heteroatoms. The molecule has 0 saturated carbocycles. The summed E-state index contributed by atoms with van der Waals surface area (Å²) in [6, 6.07) is 4.71. The van der Waals surface area contributed by atoms with E-state index in [1.165, 1.54) is 12.1 Å². The Morgan fingerprint density at radius 3 is 2.33 bits per heavy atom. The second kappa shape index (κ2) is 5.26. The van der Waals surface area contributed by atoms with Crippen molar-refractivity contribution in [3.8, 4) is 11.5 Å². The molecular weight excluding hydrogens is 261 g/mol. The summed E-state index contributed by atoms with van der Waals surface area (Å²) in [6.07, 6.45) is 0.716. The summed E-state index contributed by atoms with van der Waals surface area (Å²) >= 11 is 0. The molecule has 0 bridgehead atoms. The Kier molecular flexibility index (Phi) is 5.08. The summed E-state index contributed by atoms with van der Waals surface area (Å²) in [7, 11) is 0. The van der Waals surface area contributed by atoms with Crippen molar-refractivity contribution in [3.63, 3.8) is 0 Å². The Morgan fingerprint density at radius 1 is 1.17 bits per heavy atom. The van der Waals surface area contributed by atoms with Crippen LogP contribution in [0.4, 0.5) is 0 Å². The van der Waals surface area contributed by atoms with Gasteiger partial charge >= 0.3 is 0 Å². The molecule has 0 unspecified atom stereocenters. The van der Waals surface area contributed by atoms with E-state index in [9.17, 15) is 0 Å². The summed E-state index contributed by atoms with van der Waals surface area (Å²) in [5, 5.41) is 18.0. The standard InChI is InChI=1S/C8H11NO2.Sn/c9-4-3-6-1-2-7(10)8(11)5-6;/h1-2,5,10-11H,3-4,9H2;. The quantitative estimate of drug-likeness (QED) is 0.533. The Balaban J connectivity index is 0.00000121. The Hall–Kier alpha value is -0.421. The first-order chi connectivity index (χ1) is 5.24. The van der Waals surface area contributed by atoms with Gasteiger partial charge in [0.05, 0.1) is 0 Å². The molecule has 0 aliphatic carbocycles. The van der Waals surface area contributed by atoms with Gasteiger partial charge in [0.1, 0.15) is 0 Å². The molecule has 0 heterocycles. The molecule has 0 atom stereocenters. The van der Waals surface area contributed by atoms with Crippen LogP contribution >= 0.6 is 0 Å². The van der Waals surface area contributed by atoms with Gasteiger partial charge < -0.3 is 15.9 Å². The molecule has 1 rings (SSSR count). The van der Waals surface area contributed by atoms with Crippen molar-refractivity contribution in [2.24, 2.45) is 5.73 Å². The van der Waals surface area contributed by atoms with Gasteiger partial charge in [0.25, 0.3) is 0 Å². The largest absolute Gasteiger partial charge is 0.504 e. The maximum absolute atomic E-state index is 9.04. The van der Waals surface area contributed by atoms with Gasteiger partial charge in [0.2, 0.25) is 0 Å². The molecule has 1 aromatic rings. The number of hydrogen-bond donors (Lipinski definition) is 3. The van der Waals surface area contributed by atoms with Crippen LogP contribution in [0.25, 0.3) is 0 Å². The normalized spacial score (nSPS) is 9.08. The van der Waals surface area contributed by atoms with Crippen LogP contribution in [0.3, 0.4) is 0 Å². The van der Waals surface area contributed by atoms with Crippen molar-refractivity contribution in [2.75, 3.05) is 6.54 Å². The number of hydrogen-bond acceptors (Lipinski definition) is 3. The van der Waals surface area contributed by atoms with E-state index < -0.39 is 0 Å². The van der Waals surface area contributed by atoms with Crippen LogP contribution in [0.1, 0.15) is 5.56 Å². The van der Waals surface area contributed by atoms with Crippen LogP contribution in [0.2, 0.25) is 0 Å². The number of phenols is 2. The summed E-state index contributed by atoms with van der Waals surface area (Å²) < 4.78 is 0. The van der Waals surface area contributed by atoms with E-state index in [0.717, 1.165) is 5.56 Å². The van der Waals surface area contributed by atoms with Gasteiger partial charge in [-0.05, 0) is 30.7 Å². The Bertz CT molecular complexity index is 253. The van der Waals surface area contributed by atoms with E-state index in [2.05, 4.69) is 0 Å². The van der Waals surface area contributed by atoms with Crippen molar-refractivity contribution in [2.45, 2.75) is 6.42 Å². The molecule has 0 saturated heterocycles. The molecule has 4 radical (unpaired) electrons. The zero-order chi connectivity index (χ0) is 8.27. The van der Waals surface area contributed by atoms with Crippen LogP contribution in [0, 0.1) is 0 Å². The first-order valence-electron chi connectivity index (χ1n) is 3.45. The predicted octanol–water partition coefficient (Wildman–Crippen LogP) is 0.218. The van der Waals surface area contributed by atoms with E-state index in [4.69, 9.17) is 15.9 Å². The first kappa shape index (κ1) is 11.6. The number of nitrogens with two attached hydrogens (primary N) is 1. The second-order valence-corrected chi connectivity index (χ2v) is 2.36. The van der Waals surface area contributed by atoms with Gasteiger partial charge in [-0.1, -0.05) is 6.07 Å². The van der Waals surface area contributed by atoms with E-state index in [1.54, 1.807) is 6.07 Å². The fourth-order valence-electron chi connectivity index (χ4n) is 0.891. The smallest absolute Gasteiger partial charge is 0.157 e. The van der Waals surface area contributed by atoms with Crippen LogP contribution < -0.4 is 5.73 Å². The van der Waals surface area contributed by atoms with E-state index in [1.807, 2.05) is 0 Å². The summed E-state index contributed by atoms with van der Waals surface area (Å²) in [5.41, 5.74) is 6.24. The third kappa shape index (κ3) is 2.90. The third-order valence-corrected chi connectivity index (χ3v) is 1.47. The maximum Gasteiger partial charge on any atom is 0.157 e. The Labute approximate surface area is 88.2 Å². The van der Waals surface area contributed by atoms with Crippen LogP contribution in [-0.2, 0) is 6.42 Å². The monoisotopic (exact) mass is 273 g/mol. The minimum Gasteiger partial charge on any atom is -0.504 e. The second-order valence-electron chi connectivity index (χ2n) is 2.36. The topological polar surface area (TPSA) is 66.5 Å². The average molecular weight is 272 g/mol. The molecule has 0 aliphatic heterocycles. The van der Waals surface area contributed by atoms with Crippen molar-refractivity contribution in [1.82, 2.24) is 0 Å². The first-order valence-corrected chi connectivity index (χ1v) is 3.45. The molecule has 4 N–H and O–H groups in total. The predicted molar refractivity (Wildman–Crippen MR) is 48.3 cm³/mol. The summed E-state index contributed by atoms with van der Waals surface area (Å²) in [6.45, 7) is 0.546. The van der Waals surface area contributed by atoms with E-state index in [0.29, 0.717) is 13.0 Å². The summed E-state index contributed by atoms with van der Waals surface area (Å²) in [4.78, 5) is 0. The molecule has 64 valence electrons. The molecule has 0 aliphatic rings. The zero-order valence-electron chi connectivity index (χ0n) is 6.62. The van der Waals surface area contributed by atoms with Crippen LogP contribution in [0.5, 0.6) is 11.5 Å². The molecule has 0 spiro atoms. The summed E-state index contributed by atoms with van der Waals surface area (Å²) in [5.74, 6) is -0.179. The molecule has 0 amide bonds. The van der Waals surface area contributed by atoms with Gasteiger partial charge in [-0.15, -0.1) is 0 Å². The average Bonchev–Trinajstić information content (AvgIpc) is 1.98. The van der Waals surface area contributed by atoms with Crippen molar-refractivity contribution < 1.29 is 10.2 Å². The fraction of sp³-hybridized carbons (Fsp3) is 0.250. The van der Waals surface area contributed by atoms with Crippen molar-refractivity contribution in [1.29, 1.82) is 0 Å². The van der Waals surface area contributed by atoms with E-state index in [-0.39, 0.29) is 35.4 Å². The van der Waals surface area contributed by atoms with E-state index >= 15 is 0 Å².